The third-order valence-electron chi connectivity index (χ3n) is 2.58. The number of carboxylic acid groups (broad SMARTS) is 1. The molecule has 0 radical (unpaired) electrons. The number of benzene rings is 1. The maximum absolute atomic E-state index is 12.3. The zero-order chi connectivity index (χ0) is 17.1. The number of hydrogen-bond donors (Lipinski definition) is 2. The van der Waals surface area contributed by atoms with Crippen LogP contribution in [0.4, 0.5) is 13.2 Å². The zero-order valence-corrected chi connectivity index (χ0v) is 12.4. The lowest BCUT2D eigenvalue weighted by Gasteiger charge is -2.19. The third-order valence-corrected chi connectivity index (χ3v) is 4.06. The molecule has 0 spiro atoms. The standard InChI is InChI=1S/C12H14F3NO5S/c1-7(2)10(11(17)18)16-22(19,20)9-6-4-3-5-8(9)21-12(13,14)15/h3-7,10,16H,1-2H3,(H,17,18)/t10-/m0/s1. The highest BCUT2D eigenvalue weighted by Crippen LogP contribution is 2.29. The lowest BCUT2D eigenvalue weighted by Crippen LogP contribution is -2.44. The summed E-state index contributed by atoms with van der Waals surface area (Å²) in [5.74, 6) is -2.98. The van der Waals surface area contributed by atoms with Gasteiger partial charge in [-0.2, -0.15) is 4.72 Å². The molecule has 0 unspecified atom stereocenters. The molecular formula is C12H14F3NO5S. The molecule has 10 heteroatoms. The van der Waals surface area contributed by atoms with Gasteiger partial charge >= 0.3 is 12.3 Å². The van der Waals surface area contributed by atoms with Gasteiger partial charge in [0, 0.05) is 0 Å². The van der Waals surface area contributed by atoms with Gasteiger partial charge in [-0.15, -0.1) is 13.2 Å². The fourth-order valence-corrected chi connectivity index (χ4v) is 3.05. The number of aliphatic carboxylic acids is 1. The molecule has 1 aromatic rings. The highest BCUT2D eigenvalue weighted by molar-refractivity contribution is 7.89. The van der Waals surface area contributed by atoms with E-state index in [2.05, 4.69) is 4.74 Å². The summed E-state index contributed by atoms with van der Waals surface area (Å²) in [4.78, 5) is 10.2. The van der Waals surface area contributed by atoms with E-state index in [1.165, 1.54) is 19.9 Å². The van der Waals surface area contributed by atoms with E-state index in [9.17, 15) is 26.4 Å². The van der Waals surface area contributed by atoms with Crippen LogP contribution in [-0.2, 0) is 14.8 Å². The number of alkyl halides is 3. The lowest BCUT2D eigenvalue weighted by molar-refractivity contribution is -0.275. The van der Waals surface area contributed by atoms with Crippen molar-refractivity contribution < 1.29 is 36.2 Å². The minimum absolute atomic E-state index is 0.608. The predicted octanol–water partition coefficient (Wildman–Crippen LogP) is 1.97. The molecule has 0 aliphatic carbocycles. The van der Waals surface area contributed by atoms with Gasteiger partial charge in [0.05, 0.1) is 0 Å². The Morgan fingerprint density at radius 1 is 1.27 bits per heavy atom. The SMILES string of the molecule is CC(C)[C@H](NS(=O)(=O)c1ccccc1OC(F)(F)F)C(=O)O. The first kappa shape index (κ1) is 18.2. The average molecular weight is 341 g/mol. The van der Waals surface area contributed by atoms with E-state index >= 15 is 0 Å². The van der Waals surface area contributed by atoms with Crippen molar-refractivity contribution in [3.8, 4) is 5.75 Å². The van der Waals surface area contributed by atoms with Crippen molar-refractivity contribution >= 4 is 16.0 Å². The lowest BCUT2D eigenvalue weighted by atomic mass is 10.1. The summed E-state index contributed by atoms with van der Waals surface area (Å²) in [6.45, 7) is 2.92. The summed E-state index contributed by atoms with van der Waals surface area (Å²) in [6, 6.07) is 2.60. The van der Waals surface area contributed by atoms with Gasteiger partial charge in [0.25, 0.3) is 0 Å². The van der Waals surface area contributed by atoms with Crippen LogP contribution in [0.1, 0.15) is 13.8 Å². The maximum atomic E-state index is 12.3. The number of rotatable bonds is 6. The Morgan fingerprint density at radius 3 is 2.27 bits per heavy atom. The fourth-order valence-electron chi connectivity index (χ4n) is 1.58. The molecule has 1 aromatic carbocycles. The van der Waals surface area contributed by atoms with Crippen molar-refractivity contribution in [3.05, 3.63) is 24.3 Å². The van der Waals surface area contributed by atoms with E-state index in [4.69, 9.17) is 5.11 Å². The van der Waals surface area contributed by atoms with Crippen LogP contribution in [0.3, 0.4) is 0 Å². The zero-order valence-electron chi connectivity index (χ0n) is 11.6. The summed E-state index contributed by atoms with van der Waals surface area (Å²) in [5, 5.41) is 8.97. The number of ether oxygens (including phenoxy) is 1. The molecule has 2 N–H and O–H groups in total. The molecule has 0 aliphatic rings. The van der Waals surface area contributed by atoms with Crippen LogP contribution in [0.2, 0.25) is 0 Å². The second kappa shape index (κ2) is 6.53. The molecule has 0 aliphatic heterocycles. The highest BCUT2D eigenvalue weighted by Gasteiger charge is 2.35. The van der Waals surface area contributed by atoms with E-state index in [1.54, 1.807) is 0 Å². The Morgan fingerprint density at radius 2 is 1.82 bits per heavy atom. The average Bonchev–Trinajstić information content (AvgIpc) is 2.34. The number of carbonyl (C=O) groups is 1. The largest absolute Gasteiger partial charge is 0.573 e. The van der Waals surface area contributed by atoms with Crippen molar-refractivity contribution in [2.24, 2.45) is 5.92 Å². The van der Waals surface area contributed by atoms with Crippen LogP contribution >= 0.6 is 0 Å². The second-order valence-corrected chi connectivity index (χ2v) is 6.36. The molecule has 0 fully saturated rings. The van der Waals surface area contributed by atoms with Crippen molar-refractivity contribution in [3.63, 3.8) is 0 Å². The Balaban J connectivity index is 3.21. The smallest absolute Gasteiger partial charge is 0.480 e. The second-order valence-electron chi connectivity index (χ2n) is 4.68. The molecule has 1 atom stereocenters. The Bertz CT molecular complexity index is 642. The third kappa shape index (κ3) is 4.88. The predicted molar refractivity (Wildman–Crippen MR) is 69.7 cm³/mol. The van der Waals surface area contributed by atoms with Crippen LogP contribution in [0, 0.1) is 5.92 Å². The topological polar surface area (TPSA) is 92.7 Å². The quantitative estimate of drug-likeness (QED) is 0.825. The molecule has 0 amide bonds. The van der Waals surface area contributed by atoms with Crippen LogP contribution < -0.4 is 9.46 Å². The maximum Gasteiger partial charge on any atom is 0.573 e. The molecule has 0 bridgehead atoms. The Kier molecular flexibility index (Phi) is 5.41. The van der Waals surface area contributed by atoms with Gasteiger partial charge in [0.2, 0.25) is 10.0 Å². The van der Waals surface area contributed by atoms with Crippen molar-refractivity contribution in [1.82, 2.24) is 4.72 Å². The first-order valence-electron chi connectivity index (χ1n) is 6.04. The monoisotopic (exact) mass is 341 g/mol. The first-order chi connectivity index (χ1) is 9.94. The van der Waals surface area contributed by atoms with E-state index in [1.807, 2.05) is 4.72 Å². The molecule has 0 aromatic heterocycles. The molecule has 0 heterocycles. The van der Waals surface area contributed by atoms with Crippen LogP contribution in [0.5, 0.6) is 5.75 Å². The highest BCUT2D eigenvalue weighted by atomic mass is 32.2. The number of sulfonamides is 1. The molecule has 0 saturated carbocycles. The number of nitrogens with one attached hydrogen (secondary N) is 1. The van der Waals surface area contributed by atoms with E-state index in [0.717, 1.165) is 18.2 Å². The van der Waals surface area contributed by atoms with Gasteiger partial charge < -0.3 is 9.84 Å². The molecule has 0 saturated heterocycles. The van der Waals surface area contributed by atoms with E-state index in [0.29, 0.717) is 0 Å². The van der Waals surface area contributed by atoms with Crippen LogP contribution in [-0.4, -0.2) is 31.9 Å². The van der Waals surface area contributed by atoms with Gasteiger partial charge in [-0.1, -0.05) is 26.0 Å². The van der Waals surface area contributed by atoms with Crippen LogP contribution in [0.15, 0.2) is 29.2 Å². The Labute approximate surface area is 124 Å². The van der Waals surface area contributed by atoms with Gasteiger partial charge in [-0.3, -0.25) is 4.79 Å². The Hall–Kier alpha value is -1.81. The molecule has 124 valence electrons. The van der Waals surface area contributed by atoms with Crippen molar-refractivity contribution in [1.29, 1.82) is 0 Å². The molecule has 6 nitrogen and oxygen atoms in total. The summed E-state index contributed by atoms with van der Waals surface area (Å²) >= 11 is 0. The molecule has 22 heavy (non-hydrogen) atoms. The summed E-state index contributed by atoms with van der Waals surface area (Å²) in [7, 11) is -4.51. The molecular weight excluding hydrogens is 327 g/mol. The number of para-hydroxylation sites is 1. The number of halogens is 3. The molecule has 1 rings (SSSR count). The summed E-state index contributed by atoms with van der Waals surface area (Å²) in [5.41, 5.74) is 0. The van der Waals surface area contributed by atoms with E-state index < -0.39 is 45.0 Å². The van der Waals surface area contributed by atoms with E-state index in [-0.39, 0.29) is 0 Å². The minimum Gasteiger partial charge on any atom is -0.480 e. The summed E-state index contributed by atoms with van der Waals surface area (Å²) in [6.07, 6.45) is -5.07. The number of carboxylic acids is 1. The van der Waals surface area contributed by atoms with Gasteiger partial charge in [-0.25, -0.2) is 8.42 Å². The number of hydrogen-bond acceptors (Lipinski definition) is 4. The van der Waals surface area contributed by atoms with Crippen molar-refractivity contribution in [2.45, 2.75) is 31.1 Å². The first-order valence-corrected chi connectivity index (χ1v) is 7.52. The van der Waals surface area contributed by atoms with Gasteiger partial charge in [-0.05, 0) is 18.1 Å². The summed E-state index contributed by atoms with van der Waals surface area (Å²) < 4.78 is 66.7. The van der Waals surface area contributed by atoms with Gasteiger partial charge in [0.1, 0.15) is 16.7 Å². The van der Waals surface area contributed by atoms with Crippen molar-refractivity contribution in [2.75, 3.05) is 0 Å². The normalized spacial score (nSPS) is 13.9. The van der Waals surface area contributed by atoms with Crippen LogP contribution in [0.25, 0.3) is 0 Å². The minimum atomic E-state index is -5.07. The van der Waals surface area contributed by atoms with Gasteiger partial charge in [0.15, 0.2) is 0 Å². The fraction of sp³-hybridized carbons (Fsp3) is 0.417.